The predicted octanol–water partition coefficient (Wildman–Crippen LogP) is 4.33. The van der Waals surface area contributed by atoms with Crippen LogP contribution in [0.5, 0.6) is 0 Å². The minimum atomic E-state index is -0.0243. The number of aromatic nitrogens is 1. The Morgan fingerprint density at radius 1 is 1.04 bits per heavy atom. The number of Topliss-reactive ketones (excluding diaryl/α,β-unsaturated/α-hetero) is 1. The van der Waals surface area contributed by atoms with E-state index >= 15 is 0 Å². The predicted molar refractivity (Wildman–Crippen MR) is 88.2 cm³/mol. The first-order valence-electron chi connectivity index (χ1n) is 7.92. The van der Waals surface area contributed by atoms with Gasteiger partial charge < -0.3 is 4.42 Å². The standard InChI is InChI=1S/C20H17NO2/c22-19(20-21-10-11-23-20)18-9-8-16-12-15(6-7-17(16)13-18)14-4-2-1-3-5-14/h1-7,10-12,18H,8-9,13H2/t18-/m0/s1. The maximum absolute atomic E-state index is 12.4. The van der Waals surface area contributed by atoms with Gasteiger partial charge in [0.2, 0.25) is 5.78 Å². The van der Waals surface area contributed by atoms with Crippen molar-refractivity contribution in [3.05, 3.63) is 78.0 Å². The number of rotatable bonds is 3. The summed E-state index contributed by atoms with van der Waals surface area (Å²) in [4.78, 5) is 16.4. The van der Waals surface area contributed by atoms with E-state index < -0.39 is 0 Å². The SMILES string of the molecule is O=C(c1ncco1)[C@H]1CCc2cc(-c3ccccc3)ccc2C1. The molecule has 0 fully saturated rings. The summed E-state index contributed by atoms with van der Waals surface area (Å²) >= 11 is 0. The summed E-state index contributed by atoms with van der Waals surface area (Å²) in [5.74, 6) is 0.232. The van der Waals surface area contributed by atoms with E-state index in [1.807, 2.05) is 6.07 Å². The Morgan fingerprint density at radius 3 is 2.70 bits per heavy atom. The van der Waals surface area contributed by atoms with Gasteiger partial charge in [-0.15, -0.1) is 0 Å². The maximum atomic E-state index is 12.4. The lowest BCUT2D eigenvalue weighted by Crippen LogP contribution is -2.23. The summed E-state index contributed by atoms with van der Waals surface area (Å²) in [6.07, 6.45) is 5.53. The zero-order valence-electron chi connectivity index (χ0n) is 12.7. The number of carbonyl (C=O) groups excluding carboxylic acids is 1. The Bertz CT molecular complexity index is 822. The Kier molecular flexibility index (Phi) is 3.54. The highest BCUT2D eigenvalue weighted by Crippen LogP contribution is 2.31. The first kappa shape index (κ1) is 13.9. The van der Waals surface area contributed by atoms with Crippen molar-refractivity contribution in [3.63, 3.8) is 0 Å². The monoisotopic (exact) mass is 303 g/mol. The van der Waals surface area contributed by atoms with Crippen molar-refractivity contribution in [2.75, 3.05) is 0 Å². The van der Waals surface area contributed by atoms with E-state index in [1.54, 1.807) is 0 Å². The van der Waals surface area contributed by atoms with E-state index in [2.05, 4.69) is 47.4 Å². The van der Waals surface area contributed by atoms with Crippen molar-refractivity contribution in [1.82, 2.24) is 4.98 Å². The van der Waals surface area contributed by atoms with E-state index in [4.69, 9.17) is 4.42 Å². The van der Waals surface area contributed by atoms with Crippen LogP contribution in [0, 0.1) is 5.92 Å². The van der Waals surface area contributed by atoms with Crippen LogP contribution in [0.1, 0.15) is 28.2 Å². The van der Waals surface area contributed by atoms with Crippen molar-refractivity contribution in [3.8, 4) is 11.1 Å². The van der Waals surface area contributed by atoms with Gasteiger partial charge in [-0.2, -0.15) is 0 Å². The van der Waals surface area contributed by atoms with Crippen LogP contribution in [-0.4, -0.2) is 10.8 Å². The fraction of sp³-hybridized carbons (Fsp3) is 0.200. The first-order chi connectivity index (χ1) is 11.3. The van der Waals surface area contributed by atoms with Crippen LogP contribution in [-0.2, 0) is 12.8 Å². The number of carbonyl (C=O) groups is 1. The van der Waals surface area contributed by atoms with Crippen molar-refractivity contribution in [2.45, 2.75) is 19.3 Å². The lowest BCUT2D eigenvalue weighted by atomic mass is 9.80. The summed E-state index contributed by atoms with van der Waals surface area (Å²) in [7, 11) is 0. The number of nitrogens with zero attached hydrogens (tertiary/aromatic N) is 1. The number of benzene rings is 2. The largest absolute Gasteiger partial charge is 0.442 e. The fourth-order valence-corrected chi connectivity index (χ4v) is 3.31. The van der Waals surface area contributed by atoms with Crippen molar-refractivity contribution in [2.24, 2.45) is 5.92 Å². The topological polar surface area (TPSA) is 43.1 Å². The molecule has 23 heavy (non-hydrogen) atoms. The number of aryl methyl sites for hydroxylation is 1. The molecule has 0 aliphatic heterocycles. The van der Waals surface area contributed by atoms with Crippen molar-refractivity contribution < 1.29 is 9.21 Å². The normalized spacial score (nSPS) is 16.8. The molecule has 0 N–H and O–H groups in total. The molecule has 0 saturated carbocycles. The van der Waals surface area contributed by atoms with Crippen LogP contribution in [0.2, 0.25) is 0 Å². The summed E-state index contributed by atoms with van der Waals surface area (Å²) in [6.45, 7) is 0. The molecular formula is C20H17NO2. The molecule has 1 atom stereocenters. The third kappa shape index (κ3) is 2.70. The summed E-state index contributed by atoms with van der Waals surface area (Å²) in [6, 6.07) is 17.0. The van der Waals surface area contributed by atoms with Crippen LogP contribution in [0.3, 0.4) is 0 Å². The molecule has 0 bridgehead atoms. The van der Waals surface area contributed by atoms with Crippen LogP contribution in [0.4, 0.5) is 0 Å². The minimum Gasteiger partial charge on any atom is -0.442 e. The third-order valence-electron chi connectivity index (χ3n) is 4.56. The molecule has 4 rings (SSSR count). The molecule has 3 aromatic rings. The molecule has 0 amide bonds. The van der Waals surface area contributed by atoms with Gasteiger partial charge in [0.1, 0.15) is 6.26 Å². The summed E-state index contributed by atoms with van der Waals surface area (Å²) in [5.41, 5.74) is 5.08. The molecule has 0 spiro atoms. The van der Waals surface area contributed by atoms with E-state index in [0.29, 0.717) is 0 Å². The van der Waals surface area contributed by atoms with E-state index in [9.17, 15) is 4.79 Å². The number of hydrogen-bond donors (Lipinski definition) is 0. The lowest BCUT2D eigenvalue weighted by Gasteiger charge is -2.23. The second-order valence-corrected chi connectivity index (χ2v) is 5.99. The highest BCUT2D eigenvalue weighted by Gasteiger charge is 2.28. The molecule has 0 saturated heterocycles. The summed E-state index contributed by atoms with van der Waals surface area (Å²) in [5, 5.41) is 0. The zero-order chi connectivity index (χ0) is 15.6. The van der Waals surface area contributed by atoms with Crippen LogP contribution >= 0.6 is 0 Å². The molecule has 3 nitrogen and oxygen atoms in total. The average Bonchev–Trinajstić information content (AvgIpc) is 3.15. The third-order valence-corrected chi connectivity index (χ3v) is 4.56. The molecule has 1 aliphatic rings. The lowest BCUT2D eigenvalue weighted by molar-refractivity contribution is 0.0873. The van der Waals surface area contributed by atoms with Crippen LogP contribution in [0.15, 0.2) is 65.4 Å². The Hall–Kier alpha value is -2.68. The smallest absolute Gasteiger partial charge is 0.263 e. The Balaban J connectivity index is 1.58. The quantitative estimate of drug-likeness (QED) is 0.676. The Morgan fingerprint density at radius 2 is 1.91 bits per heavy atom. The average molecular weight is 303 g/mol. The van der Waals surface area contributed by atoms with Gasteiger partial charge in [-0.3, -0.25) is 4.79 Å². The minimum absolute atomic E-state index is 0.0211. The van der Waals surface area contributed by atoms with Gasteiger partial charge >= 0.3 is 0 Å². The number of ketones is 1. The van der Waals surface area contributed by atoms with E-state index in [-0.39, 0.29) is 17.6 Å². The van der Waals surface area contributed by atoms with Crippen molar-refractivity contribution in [1.29, 1.82) is 0 Å². The van der Waals surface area contributed by atoms with Gasteiger partial charge in [0.25, 0.3) is 5.89 Å². The molecule has 3 heteroatoms. The van der Waals surface area contributed by atoms with Gasteiger partial charge in [0.15, 0.2) is 0 Å². The first-order valence-corrected chi connectivity index (χ1v) is 7.92. The molecular weight excluding hydrogens is 286 g/mol. The van der Waals surface area contributed by atoms with Crippen LogP contribution in [0.25, 0.3) is 11.1 Å². The van der Waals surface area contributed by atoms with Crippen molar-refractivity contribution >= 4 is 5.78 Å². The molecule has 1 aliphatic carbocycles. The van der Waals surface area contributed by atoms with Gasteiger partial charge in [-0.05, 0) is 41.5 Å². The highest BCUT2D eigenvalue weighted by molar-refractivity contribution is 5.94. The van der Waals surface area contributed by atoms with Gasteiger partial charge in [-0.1, -0.05) is 48.5 Å². The highest BCUT2D eigenvalue weighted by atomic mass is 16.3. The van der Waals surface area contributed by atoms with Gasteiger partial charge in [0.05, 0.1) is 6.20 Å². The van der Waals surface area contributed by atoms with Crippen LogP contribution < -0.4 is 0 Å². The fourth-order valence-electron chi connectivity index (χ4n) is 3.31. The molecule has 2 aromatic carbocycles. The number of hydrogen-bond acceptors (Lipinski definition) is 3. The molecule has 114 valence electrons. The molecule has 0 unspecified atom stereocenters. The molecule has 1 heterocycles. The van der Waals surface area contributed by atoms with E-state index in [0.717, 1.165) is 19.3 Å². The number of fused-ring (bicyclic) bond motifs is 1. The molecule has 1 aromatic heterocycles. The second kappa shape index (κ2) is 5.84. The second-order valence-electron chi connectivity index (χ2n) is 5.99. The Labute approximate surface area is 135 Å². The van der Waals surface area contributed by atoms with E-state index in [1.165, 1.54) is 34.7 Å². The number of oxazole rings is 1. The maximum Gasteiger partial charge on any atom is 0.263 e. The molecule has 0 radical (unpaired) electrons. The van der Waals surface area contributed by atoms with Gasteiger partial charge in [-0.25, -0.2) is 4.98 Å². The van der Waals surface area contributed by atoms with Gasteiger partial charge in [0, 0.05) is 5.92 Å². The zero-order valence-corrected chi connectivity index (χ0v) is 12.7. The summed E-state index contributed by atoms with van der Waals surface area (Å²) < 4.78 is 5.15.